The molecule has 0 saturated carbocycles. The van der Waals surface area contributed by atoms with E-state index in [4.69, 9.17) is 5.73 Å². The number of amides is 1. The molecule has 2 aromatic carbocycles. The molecule has 3 aromatic rings. The van der Waals surface area contributed by atoms with Gasteiger partial charge in [-0.2, -0.15) is 5.26 Å². The number of nitrogens with two attached hydrogens (primary N) is 1. The second-order valence-electron chi connectivity index (χ2n) is 8.82. The molecule has 2 aliphatic rings. The van der Waals surface area contributed by atoms with Crippen molar-refractivity contribution in [1.29, 1.82) is 5.26 Å². The Morgan fingerprint density at radius 2 is 1.97 bits per heavy atom. The van der Waals surface area contributed by atoms with Gasteiger partial charge >= 0.3 is 0 Å². The Kier molecular flexibility index (Phi) is 7.86. The molecule has 1 aliphatic heterocycles. The summed E-state index contributed by atoms with van der Waals surface area (Å²) < 4.78 is 13.6. The number of carbonyl (C=O) groups is 2. The number of nitriles is 1. The SMILES string of the molecule is N#CC1=C(N)N(c2nnc(SCC(=O)Nc3ccc(F)cc3)s2)C2=C(C(=O)CCC2)C1/C=C/c1ccccc1. The van der Waals surface area contributed by atoms with Crippen LogP contribution < -0.4 is 16.0 Å². The van der Waals surface area contributed by atoms with Gasteiger partial charge in [-0.05, 0) is 42.7 Å². The summed E-state index contributed by atoms with van der Waals surface area (Å²) in [5.74, 6) is -0.934. The van der Waals surface area contributed by atoms with E-state index in [1.54, 1.807) is 4.90 Å². The molecule has 1 atom stereocenters. The van der Waals surface area contributed by atoms with Crippen molar-refractivity contribution in [3.63, 3.8) is 0 Å². The zero-order valence-electron chi connectivity index (χ0n) is 20.6. The molecule has 0 spiro atoms. The van der Waals surface area contributed by atoms with Crippen LogP contribution in [0.5, 0.6) is 0 Å². The van der Waals surface area contributed by atoms with E-state index in [9.17, 15) is 19.2 Å². The number of allylic oxidation sites excluding steroid dienone is 4. The van der Waals surface area contributed by atoms with Crippen molar-refractivity contribution < 1.29 is 14.0 Å². The average Bonchev–Trinajstić information content (AvgIpc) is 3.41. The normalized spacial score (nSPS) is 17.4. The number of hydrogen-bond donors (Lipinski definition) is 2. The first-order valence-electron chi connectivity index (χ1n) is 12.2. The van der Waals surface area contributed by atoms with E-state index in [-0.39, 0.29) is 34.7 Å². The standard InChI is InChI=1S/C28H23FN6O2S2/c29-18-10-12-19(13-11-18)32-24(37)16-38-28-34-33-27(39-28)35-22-7-4-8-23(36)25(22)20(21(15-30)26(35)31)14-9-17-5-2-1-3-6-17/h1-3,5-6,9-14,20H,4,7-8,16,31H2,(H,32,37)/b14-9+. The Labute approximate surface area is 232 Å². The highest BCUT2D eigenvalue weighted by atomic mass is 32.2. The van der Waals surface area contributed by atoms with Crippen LogP contribution in [0.1, 0.15) is 24.8 Å². The summed E-state index contributed by atoms with van der Waals surface area (Å²) in [6.07, 6.45) is 5.44. The number of carbonyl (C=O) groups excluding carboxylic acids is 2. The fourth-order valence-corrected chi connectivity index (χ4v) is 6.20. The smallest absolute Gasteiger partial charge is 0.234 e. The van der Waals surface area contributed by atoms with Gasteiger partial charge in [-0.15, -0.1) is 10.2 Å². The van der Waals surface area contributed by atoms with Gasteiger partial charge in [0.15, 0.2) is 10.1 Å². The number of hydrogen-bond acceptors (Lipinski definition) is 9. The summed E-state index contributed by atoms with van der Waals surface area (Å²) >= 11 is 2.42. The van der Waals surface area contributed by atoms with Crippen LogP contribution >= 0.6 is 23.1 Å². The number of rotatable bonds is 7. The number of thioether (sulfide) groups is 1. The van der Waals surface area contributed by atoms with Crippen LogP contribution in [0.2, 0.25) is 0 Å². The van der Waals surface area contributed by atoms with E-state index in [0.29, 0.717) is 40.0 Å². The molecule has 0 saturated heterocycles. The molecule has 8 nitrogen and oxygen atoms in total. The van der Waals surface area contributed by atoms with Crippen LogP contribution in [0.25, 0.3) is 6.08 Å². The van der Waals surface area contributed by atoms with Crippen molar-refractivity contribution in [2.45, 2.75) is 23.6 Å². The summed E-state index contributed by atoms with van der Waals surface area (Å²) in [4.78, 5) is 27.2. The van der Waals surface area contributed by atoms with Gasteiger partial charge in [0, 0.05) is 29.3 Å². The van der Waals surface area contributed by atoms with Crippen molar-refractivity contribution in [2.75, 3.05) is 16.0 Å². The van der Waals surface area contributed by atoms with Gasteiger partial charge in [-0.3, -0.25) is 14.5 Å². The fourth-order valence-electron chi connectivity index (χ4n) is 4.52. The van der Waals surface area contributed by atoms with Crippen LogP contribution in [0.15, 0.2) is 87.7 Å². The van der Waals surface area contributed by atoms with E-state index in [0.717, 1.165) is 11.3 Å². The maximum Gasteiger partial charge on any atom is 0.234 e. The third-order valence-corrected chi connectivity index (χ3v) is 8.32. The lowest BCUT2D eigenvalue weighted by atomic mass is 9.79. The molecule has 0 radical (unpaired) electrons. The second-order valence-corrected chi connectivity index (χ2v) is 11.0. The second kappa shape index (κ2) is 11.6. The van der Waals surface area contributed by atoms with Crippen LogP contribution in [-0.2, 0) is 9.59 Å². The predicted octanol–water partition coefficient (Wildman–Crippen LogP) is 5.26. The Hall–Kier alpha value is -4.27. The molecule has 2 heterocycles. The average molecular weight is 559 g/mol. The molecule has 196 valence electrons. The Morgan fingerprint density at radius 3 is 2.72 bits per heavy atom. The van der Waals surface area contributed by atoms with E-state index < -0.39 is 5.92 Å². The monoisotopic (exact) mass is 558 g/mol. The van der Waals surface area contributed by atoms with Gasteiger partial charge < -0.3 is 11.1 Å². The number of ketones is 1. The predicted molar refractivity (Wildman–Crippen MR) is 150 cm³/mol. The first kappa shape index (κ1) is 26.3. The van der Waals surface area contributed by atoms with Crippen molar-refractivity contribution in [3.8, 4) is 6.07 Å². The van der Waals surface area contributed by atoms with E-state index in [1.807, 2.05) is 42.5 Å². The van der Waals surface area contributed by atoms with Gasteiger partial charge in [-0.1, -0.05) is 65.6 Å². The highest BCUT2D eigenvalue weighted by Gasteiger charge is 2.39. The lowest BCUT2D eigenvalue weighted by Gasteiger charge is -2.37. The highest BCUT2D eigenvalue weighted by Crippen LogP contribution is 2.44. The quantitative estimate of drug-likeness (QED) is 0.376. The lowest BCUT2D eigenvalue weighted by Crippen LogP contribution is -2.39. The zero-order valence-corrected chi connectivity index (χ0v) is 22.3. The van der Waals surface area contributed by atoms with Gasteiger partial charge in [0.1, 0.15) is 11.6 Å². The maximum atomic E-state index is 13.2. The van der Waals surface area contributed by atoms with Gasteiger partial charge in [-0.25, -0.2) is 4.39 Å². The summed E-state index contributed by atoms with van der Waals surface area (Å²) in [6, 6.07) is 17.4. The number of anilines is 2. The Morgan fingerprint density at radius 1 is 1.21 bits per heavy atom. The maximum absolute atomic E-state index is 13.2. The Bertz CT molecular complexity index is 1540. The largest absolute Gasteiger partial charge is 0.384 e. The summed E-state index contributed by atoms with van der Waals surface area (Å²) in [7, 11) is 0. The molecule has 1 unspecified atom stereocenters. The number of nitrogens with one attached hydrogen (secondary N) is 1. The van der Waals surface area contributed by atoms with Crippen molar-refractivity contribution in [2.24, 2.45) is 11.7 Å². The minimum Gasteiger partial charge on any atom is -0.384 e. The van der Waals surface area contributed by atoms with Crippen LogP contribution in [0.3, 0.4) is 0 Å². The van der Waals surface area contributed by atoms with Gasteiger partial charge in [0.25, 0.3) is 0 Å². The highest BCUT2D eigenvalue weighted by molar-refractivity contribution is 8.01. The molecule has 11 heteroatoms. The molecule has 5 rings (SSSR count). The molecule has 0 bridgehead atoms. The zero-order chi connectivity index (χ0) is 27.4. The first-order valence-corrected chi connectivity index (χ1v) is 14.0. The topological polar surface area (TPSA) is 125 Å². The molecule has 1 aromatic heterocycles. The molecular formula is C28H23FN6O2S2. The van der Waals surface area contributed by atoms with Gasteiger partial charge in [0.05, 0.1) is 17.4 Å². The number of aromatic nitrogens is 2. The Balaban J connectivity index is 1.38. The van der Waals surface area contributed by atoms with Crippen molar-refractivity contribution >= 4 is 51.7 Å². The molecule has 1 aliphatic carbocycles. The number of Topliss-reactive ketones (excluding diaryl/α,β-unsaturated/α-hetero) is 1. The fraction of sp³-hybridized carbons (Fsp3) is 0.179. The van der Waals surface area contributed by atoms with Crippen LogP contribution in [0.4, 0.5) is 15.2 Å². The molecular weight excluding hydrogens is 535 g/mol. The molecule has 0 fully saturated rings. The molecule has 39 heavy (non-hydrogen) atoms. The number of nitrogens with zero attached hydrogens (tertiary/aromatic N) is 4. The minimum atomic E-state index is -0.550. The number of halogens is 1. The van der Waals surface area contributed by atoms with Crippen LogP contribution in [-0.4, -0.2) is 27.6 Å². The number of benzene rings is 2. The van der Waals surface area contributed by atoms with E-state index in [2.05, 4.69) is 21.6 Å². The summed E-state index contributed by atoms with van der Waals surface area (Å²) in [5.41, 5.74) is 9.56. The van der Waals surface area contributed by atoms with E-state index in [1.165, 1.54) is 47.4 Å². The van der Waals surface area contributed by atoms with Crippen LogP contribution in [0, 0.1) is 23.1 Å². The third kappa shape index (κ3) is 5.77. The van der Waals surface area contributed by atoms with Crippen molar-refractivity contribution in [3.05, 3.63) is 94.7 Å². The van der Waals surface area contributed by atoms with Crippen molar-refractivity contribution in [1.82, 2.24) is 10.2 Å². The summed E-state index contributed by atoms with van der Waals surface area (Å²) in [6.45, 7) is 0. The van der Waals surface area contributed by atoms with Gasteiger partial charge in [0.2, 0.25) is 11.0 Å². The van der Waals surface area contributed by atoms with E-state index >= 15 is 0 Å². The molecule has 1 amide bonds. The third-order valence-electron chi connectivity index (χ3n) is 6.28. The minimum absolute atomic E-state index is 0.0132. The molecule has 3 N–H and O–H groups in total. The lowest BCUT2D eigenvalue weighted by molar-refractivity contribution is -0.116. The first-order chi connectivity index (χ1) is 18.9. The summed E-state index contributed by atoms with van der Waals surface area (Å²) in [5, 5.41) is 21.7.